The van der Waals surface area contributed by atoms with Gasteiger partial charge in [-0.05, 0) is 17.0 Å². The fourth-order valence-corrected chi connectivity index (χ4v) is 3.67. The lowest BCUT2D eigenvalue weighted by Gasteiger charge is -2.30. The van der Waals surface area contributed by atoms with E-state index in [1.807, 2.05) is 54.6 Å². The van der Waals surface area contributed by atoms with Gasteiger partial charge in [-0.25, -0.2) is 0 Å². The first-order valence-corrected chi connectivity index (χ1v) is 8.41. The van der Waals surface area contributed by atoms with Crippen molar-refractivity contribution >= 4 is 28.2 Å². The van der Waals surface area contributed by atoms with Crippen molar-refractivity contribution in [2.45, 2.75) is 5.92 Å². The van der Waals surface area contributed by atoms with Crippen LogP contribution < -0.4 is 16.2 Å². The highest BCUT2D eigenvalue weighted by molar-refractivity contribution is 6.31. The molecule has 0 radical (unpaired) electrons. The summed E-state index contributed by atoms with van der Waals surface area (Å²) in [6.45, 7) is 0. The van der Waals surface area contributed by atoms with E-state index < -0.39 is 5.92 Å². The molecule has 1 aliphatic rings. The molecule has 0 spiro atoms. The third-order valence-electron chi connectivity index (χ3n) is 4.59. The number of nitrogens with two attached hydrogens (primary N) is 2. The minimum Gasteiger partial charge on any atom is -0.440 e. The molecule has 5 N–H and O–H groups in total. The number of ether oxygens (including phenoxy) is 1. The van der Waals surface area contributed by atoms with Crippen molar-refractivity contribution in [1.29, 1.82) is 0 Å². The third kappa shape index (κ3) is 2.45. The number of amidine groups is 1. The summed E-state index contributed by atoms with van der Waals surface area (Å²) in [7, 11) is 0. The van der Waals surface area contributed by atoms with E-state index in [9.17, 15) is 5.21 Å². The Morgan fingerprint density at radius 3 is 2.50 bits per heavy atom. The molecule has 0 bridgehead atoms. The van der Waals surface area contributed by atoms with E-state index in [4.69, 9.17) is 27.8 Å². The molecule has 0 saturated heterocycles. The molecule has 1 aliphatic heterocycles. The molecule has 1 atom stereocenters. The van der Waals surface area contributed by atoms with Crippen LogP contribution in [0.3, 0.4) is 0 Å². The summed E-state index contributed by atoms with van der Waals surface area (Å²) >= 11 is 6.46. The van der Waals surface area contributed by atoms with E-state index in [0.717, 1.165) is 21.9 Å². The standard InChI is InChI=1S/C20H16ClN3O2/c21-15-8-4-3-7-13(15)16-14-10-9-11-5-1-2-6-12(11)18(14)26-20(23)17(16)19(22)24-25/h1-10,16,25H,23H2,(H2,22,24). The van der Waals surface area contributed by atoms with E-state index in [1.54, 1.807) is 6.07 Å². The first-order chi connectivity index (χ1) is 12.6. The molecule has 1 heterocycles. The van der Waals surface area contributed by atoms with Gasteiger partial charge in [0.05, 0.1) is 5.57 Å². The maximum absolute atomic E-state index is 9.24. The Balaban J connectivity index is 2.06. The molecule has 130 valence electrons. The van der Waals surface area contributed by atoms with Gasteiger partial charge in [0, 0.05) is 21.9 Å². The van der Waals surface area contributed by atoms with Crippen molar-refractivity contribution in [1.82, 2.24) is 0 Å². The lowest BCUT2D eigenvalue weighted by molar-refractivity contribution is 0.317. The van der Waals surface area contributed by atoms with Gasteiger partial charge in [0.15, 0.2) is 11.7 Å². The van der Waals surface area contributed by atoms with Gasteiger partial charge in [-0.1, -0.05) is 71.4 Å². The van der Waals surface area contributed by atoms with E-state index in [1.165, 1.54) is 0 Å². The van der Waals surface area contributed by atoms with Crippen molar-refractivity contribution in [2.75, 3.05) is 0 Å². The van der Waals surface area contributed by atoms with Gasteiger partial charge >= 0.3 is 0 Å². The van der Waals surface area contributed by atoms with Crippen LogP contribution in [-0.2, 0) is 0 Å². The third-order valence-corrected chi connectivity index (χ3v) is 4.93. The van der Waals surface area contributed by atoms with Gasteiger partial charge in [-0.3, -0.25) is 0 Å². The van der Waals surface area contributed by atoms with Gasteiger partial charge in [0.1, 0.15) is 5.75 Å². The van der Waals surface area contributed by atoms with Gasteiger partial charge < -0.3 is 21.4 Å². The lowest BCUT2D eigenvalue weighted by Crippen LogP contribution is -2.30. The molecule has 26 heavy (non-hydrogen) atoms. The summed E-state index contributed by atoms with van der Waals surface area (Å²) in [5.74, 6) is 0.230. The molecule has 6 heteroatoms. The van der Waals surface area contributed by atoms with Crippen LogP contribution in [0.4, 0.5) is 0 Å². The number of nitrogens with zero attached hydrogens (tertiary/aromatic N) is 1. The second-order valence-corrected chi connectivity index (χ2v) is 6.43. The zero-order valence-electron chi connectivity index (χ0n) is 13.7. The topological polar surface area (TPSA) is 93.9 Å². The van der Waals surface area contributed by atoms with E-state index in [-0.39, 0.29) is 11.7 Å². The van der Waals surface area contributed by atoms with Crippen LogP contribution in [0.15, 0.2) is 77.3 Å². The maximum atomic E-state index is 9.24. The highest BCUT2D eigenvalue weighted by Crippen LogP contribution is 2.46. The van der Waals surface area contributed by atoms with Crippen LogP contribution in [0, 0.1) is 0 Å². The Labute approximate surface area is 155 Å². The van der Waals surface area contributed by atoms with Gasteiger partial charge in [-0.15, -0.1) is 0 Å². The Morgan fingerprint density at radius 2 is 1.73 bits per heavy atom. The average Bonchev–Trinajstić information content (AvgIpc) is 2.67. The Hall–Kier alpha value is -3.18. The Kier molecular flexibility index (Phi) is 3.93. The zero-order chi connectivity index (χ0) is 18.3. The molecular weight excluding hydrogens is 350 g/mol. The number of benzene rings is 3. The molecule has 3 aromatic carbocycles. The number of rotatable bonds is 2. The van der Waals surface area contributed by atoms with Crippen LogP contribution in [0.2, 0.25) is 5.02 Å². The summed E-state index contributed by atoms with van der Waals surface area (Å²) in [6.07, 6.45) is 0. The summed E-state index contributed by atoms with van der Waals surface area (Å²) in [5.41, 5.74) is 14.2. The second kappa shape index (κ2) is 6.28. The summed E-state index contributed by atoms with van der Waals surface area (Å²) in [6, 6.07) is 19.3. The minimum atomic E-state index is -0.409. The smallest absolute Gasteiger partial charge is 0.198 e. The van der Waals surface area contributed by atoms with Crippen molar-refractivity contribution in [3.05, 3.63) is 88.3 Å². The highest BCUT2D eigenvalue weighted by Gasteiger charge is 2.34. The summed E-state index contributed by atoms with van der Waals surface area (Å²) in [4.78, 5) is 0. The molecule has 4 rings (SSSR count). The minimum absolute atomic E-state index is 0.0917. The molecule has 3 aromatic rings. The van der Waals surface area contributed by atoms with E-state index in [2.05, 4.69) is 5.16 Å². The SMILES string of the molecule is NC1=C(/C(N)=N/O)C(c2ccccc2Cl)c2ccc3ccccc3c2O1. The predicted octanol–water partition coefficient (Wildman–Crippen LogP) is 3.93. The molecule has 0 saturated carbocycles. The first kappa shape index (κ1) is 16.3. The quantitative estimate of drug-likeness (QED) is 0.277. The predicted molar refractivity (Wildman–Crippen MR) is 102 cm³/mol. The van der Waals surface area contributed by atoms with Crippen LogP contribution in [-0.4, -0.2) is 11.0 Å². The van der Waals surface area contributed by atoms with Crippen LogP contribution in [0.25, 0.3) is 10.8 Å². The van der Waals surface area contributed by atoms with Crippen LogP contribution in [0.1, 0.15) is 17.0 Å². The monoisotopic (exact) mass is 365 g/mol. The zero-order valence-corrected chi connectivity index (χ0v) is 14.4. The van der Waals surface area contributed by atoms with Gasteiger partial charge in [0.25, 0.3) is 0 Å². The molecule has 0 aromatic heterocycles. The number of hydrogen-bond acceptors (Lipinski definition) is 4. The largest absolute Gasteiger partial charge is 0.440 e. The Bertz CT molecular complexity index is 1080. The molecule has 5 nitrogen and oxygen atoms in total. The first-order valence-electron chi connectivity index (χ1n) is 8.03. The lowest BCUT2D eigenvalue weighted by atomic mass is 9.81. The average molecular weight is 366 g/mol. The fourth-order valence-electron chi connectivity index (χ4n) is 3.42. The van der Waals surface area contributed by atoms with Crippen LogP contribution in [0.5, 0.6) is 5.75 Å². The normalized spacial score (nSPS) is 17.1. The van der Waals surface area contributed by atoms with E-state index >= 15 is 0 Å². The van der Waals surface area contributed by atoms with Crippen molar-refractivity contribution < 1.29 is 9.94 Å². The molecule has 0 fully saturated rings. The Morgan fingerprint density at radius 1 is 1.00 bits per heavy atom. The molecular formula is C20H16ClN3O2. The fraction of sp³-hybridized carbons (Fsp3) is 0.0500. The summed E-state index contributed by atoms with van der Waals surface area (Å²) in [5, 5.41) is 14.9. The van der Waals surface area contributed by atoms with Crippen molar-refractivity contribution in [3.8, 4) is 5.75 Å². The number of oxime groups is 1. The number of hydrogen-bond donors (Lipinski definition) is 3. The van der Waals surface area contributed by atoms with Gasteiger partial charge in [-0.2, -0.15) is 0 Å². The number of fused-ring (bicyclic) bond motifs is 3. The van der Waals surface area contributed by atoms with Crippen molar-refractivity contribution in [3.63, 3.8) is 0 Å². The molecule has 1 unspecified atom stereocenters. The van der Waals surface area contributed by atoms with Crippen LogP contribution >= 0.6 is 11.6 Å². The van der Waals surface area contributed by atoms with E-state index in [0.29, 0.717) is 16.3 Å². The second-order valence-electron chi connectivity index (χ2n) is 6.02. The van der Waals surface area contributed by atoms with Gasteiger partial charge in [0.2, 0.25) is 0 Å². The summed E-state index contributed by atoms with van der Waals surface area (Å²) < 4.78 is 5.91. The maximum Gasteiger partial charge on any atom is 0.198 e. The highest BCUT2D eigenvalue weighted by atomic mass is 35.5. The molecule has 0 amide bonds. The van der Waals surface area contributed by atoms with Crippen molar-refractivity contribution in [2.24, 2.45) is 16.6 Å². The number of halogens is 1. The molecule has 0 aliphatic carbocycles.